The van der Waals surface area contributed by atoms with Gasteiger partial charge in [-0.15, -0.1) is 11.3 Å². The predicted octanol–water partition coefficient (Wildman–Crippen LogP) is 5.40. The van der Waals surface area contributed by atoms with Crippen LogP contribution < -0.4 is 4.90 Å². The van der Waals surface area contributed by atoms with Gasteiger partial charge < -0.3 is 9.64 Å². The second-order valence-electron chi connectivity index (χ2n) is 7.11. The van der Waals surface area contributed by atoms with Gasteiger partial charge in [0.2, 0.25) is 0 Å². The third-order valence-electron chi connectivity index (χ3n) is 4.87. The van der Waals surface area contributed by atoms with Gasteiger partial charge in [-0.3, -0.25) is 4.79 Å². The van der Waals surface area contributed by atoms with E-state index in [1.165, 1.54) is 0 Å². The second-order valence-corrected chi connectivity index (χ2v) is 8.17. The van der Waals surface area contributed by atoms with Crippen LogP contribution in [0.15, 0.2) is 47.8 Å². The molecule has 1 aliphatic rings. The van der Waals surface area contributed by atoms with Crippen LogP contribution >= 0.6 is 11.3 Å². The van der Waals surface area contributed by atoms with E-state index in [4.69, 9.17) is 0 Å². The predicted molar refractivity (Wildman–Crippen MR) is 110 cm³/mol. The zero-order valence-corrected chi connectivity index (χ0v) is 17.0. The first-order valence-corrected chi connectivity index (χ1v) is 10.3. The van der Waals surface area contributed by atoms with Crippen molar-refractivity contribution in [3.63, 3.8) is 0 Å². The average Bonchev–Trinajstić information content (AvgIpc) is 3.32. The molecule has 8 heteroatoms. The smallest absolute Gasteiger partial charge is 0.367 e. The van der Waals surface area contributed by atoms with Crippen molar-refractivity contribution in [1.29, 1.82) is 0 Å². The lowest BCUT2D eigenvalue weighted by Crippen LogP contribution is -2.28. The van der Waals surface area contributed by atoms with Crippen molar-refractivity contribution in [3.8, 4) is 11.3 Å². The van der Waals surface area contributed by atoms with Gasteiger partial charge in [-0.25, -0.2) is 4.98 Å². The van der Waals surface area contributed by atoms with Gasteiger partial charge in [0, 0.05) is 28.7 Å². The zero-order chi connectivity index (χ0) is 21.3. The van der Waals surface area contributed by atoms with Crippen LogP contribution in [0.2, 0.25) is 0 Å². The van der Waals surface area contributed by atoms with Crippen LogP contribution in [0.5, 0.6) is 0 Å². The van der Waals surface area contributed by atoms with Crippen molar-refractivity contribution in [2.75, 3.05) is 18.1 Å². The number of aryl methyl sites for hydroxylation is 1. The van der Waals surface area contributed by atoms with Crippen molar-refractivity contribution in [2.45, 2.75) is 26.1 Å². The Labute approximate surface area is 175 Å². The minimum Gasteiger partial charge on any atom is -0.367 e. The van der Waals surface area contributed by atoms with E-state index in [2.05, 4.69) is 15.8 Å². The Morgan fingerprint density at radius 2 is 1.97 bits per heavy atom. The molecule has 3 aromatic rings. The van der Waals surface area contributed by atoms with Gasteiger partial charge in [0.15, 0.2) is 0 Å². The number of rotatable bonds is 5. The van der Waals surface area contributed by atoms with Crippen LogP contribution in [-0.4, -0.2) is 30.2 Å². The van der Waals surface area contributed by atoms with E-state index in [1.807, 2.05) is 24.4 Å². The summed E-state index contributed by atoms with van der Waals surface area (Å²) in [5, 5.41) is 3.03. The van der Waals surface area contributed by atoms with Crippen LogP contribution in [0, 0.1) is 6.92 Å². The van der Waals surface area contributed by atoms with Gasteiger partial charge in [-0.05, 0) is 48.7 Å². The summed E-state index contributed by atoms with van der Waals surface area (Å²) < 4.78 is 41.2. The molecule has 4 rings (SSSR count). The minimum absolute atomic E-state index is 0.131. The molecule has 4 nitrogen and oxygen atoms in total. The summed E-state index contributed by atoms with van der Waals surface area (Å²) >= 11 is 1.60. The molecule has 30 heavy (non-hydrogen) atoms. The molecule has 0 spiro atoms. The fraction of sp³-hybridized carbons (Fsp3) is 0.273. The number of thiazole rings is 1. The first-order valence-electron chi connectivity index (χ1n) is 9.41. The highest BCUT2D eigenvalue weighted by molar-refractivity contribution is 7.09. The number of hydrogen-bond acceptors (Lipinski definition) is 4. The molecule has 1 aromatic heterocycles. The van der Waals surface area contributed by atoms with Gasteiger partial charge in [0.1, 0.15) is 6.61 Å². The Morgan fingerprint density at radius 3 is 2.63 bits per heavy atom. The number of carbonyl (C=O) groups is 1. The first-order chi connectivity index (χ1) is 14.3. The maximum absolute atomic E-state index is 13.0. The topological polar surface area (TPSA) is 42.4 Å². The summed E-state index contributed by atoms with van der Waals surface area (Å²) in [6.07, 6.45) is -3.58. The Morgan fingerprint density at radius 1 is 1.20 bits per heavy atom. The van der Waals surface area contributed by atoms with Crippen LogP contribution in [0.1, 0.15) is 26.5 Å². The van der Waals surface area contributed by atoms with E-state index in [0.717, 1.165) is 33.9 Å². The molecule has 0 fully saturated rings. The lowest BCUT2D eigenvalue weighted by Gasteiger charge is -2.18. The van der Waals surface area contributed by atoms with Gasteiger partial charge in [0.05, 0.1) is 17.3 Å². The number of fused-ring (bicyclic) bond motifs is 1. The third-order valence-corrected chi connectivity index (χ3v) is 5.64. The molecule has 0 unspecified atom stereocenters. The average molecular weight is 432 g/mol. The molecule has 156 valence electrons. The number of aromatic nitrogens is 1. The fourth-order valence-electron chi connectivity index (χ4n) is 3.45. The fourth-order valence-corrected chi connectivity index (χ4v) is 4.07. The molecule has 1 aliphatic heterocycles. The first kappa shape index (κ1) is 20.6. The Hall–Kier alpha value is -2.71. The van der Waals surface area contributed by atoms with Crippen molar-refractivity contribution < 1.29 is 22.7 Å². The summed E-state index contributed by atoms with van der Waals surface area (Å²) in [6.45, 7) is 1.11. The second kappa shape index (κ2) is 8.20. The van der Waals surface area contributed by atoms with Crippen molar-refractivity contribution in [1.82, 2.24) is 4.98 Å². The molecule has 0 bridgehead atoms. The third kappa shape index (κ3) is 4.55. The van der Waals surface area contributed by atoms with Gasteiger partial charge in [-0.2, -0.15) is 13.2 Å². The van der Waals surface area contributed by atoms with E-state index in [-0.39, 0.29) is 12.5 Å². The van der Waals surface area contributed by atoms with Crippen LogP contribution in [0.4, 0.5) is 18.9 Å². The van der Waals surface area contributed by atoms with Gasteiger partial charge in [-0.1, -0.05) is 18.2 Å². The van der Waals surface area contributed by atoms with Crippen molar-refractivity contribution in [3.05, 3.63) is 69.5 Å². The molecule has 0 saturated heterocycles. The molecule has 1 amide bonds. The van der Waals surface area contributed by atoms with Crippen molar-refractivity contribution in [2.24, 2.45) is 0 Å². The summed E-state index contributed by atoms with van der Waals surface area (Å²) in [5.74, 6) is -0.131. The highest BCUT2D eigenvalue weighted by atomic mass is 32.1. The number of amides is 1. The summed E-state index contributed by atoms with van der Waals surface area (Å²) in [5.41, 5.74) is 5.03. The largest absolute Gasteiger partial charge is 0.411 e. The molecule has 0 aliphatic carbocycles. The molecule has 0 N–H and O–H groups in total. The lowest BCUT2D eigenvalue weighted by molar-refractivity contribution is -0.176. The quantitative estimate of drug-likeness (QED) is 0.542. The van der Waals surface area contributed by atoms with Gasteiger partial charge in [0.25, 0.3) is 5.91 Å². The number of anilines is 1. The number of carbonyl (C=O) groups excluding carboxylic acids is 1. The summed E-state index contributed by atoms with van der Waals surface area (Å²) in [4.78, 5) is 19.2. The molecule has 2 heterocycles. The molecule has 0 saturated carbocycles. The van der Waals surface area contributed by atoms with E-state index >= 15 is 0 Å². The minimum atomic E-state index is -4.35. The molecular weight excluding hydrogens is 413 g/mol. The number of benzene rings is 2. The van der Waals surface area contributed by atoms with Crippen LogP contribution in [-0.2, 0) is 17.8 Å². The molecule has 0 atom stereocenters. The molecular formula is C22H19F3N2O2S. The Balaban J connectivity index is 1.45. The number of hydrogen-bond donors (Lipinski definition) is 0. The normalized spacial score (nSPS) is 13.5. The molecule has 0 radical (unpaired) electrons. The van der Waals surface area contributed by atoms with E-state index in [0.29, 0.717) is 17.7 Å². The van der Waals surface area contributed by atoms with Gasteiger partial charge >= 0.3 is 6.18 Å². The van der Waals surface area contributed by atoms with Crippen LogP contribution in [0.25, 0.3) is 11.3 Å². The Bertz CT molecular complexity index is 1060. The lowest BCUT2D eigenvalue weighted by atomic mass is 10.1. The number of nitrogens with zero attached hydrogens (tertiary/aromatic N) is 2. The van der Waals surface area contributed by atoms with Crippen molar-refractivity contribution >= 4 is 22.9 Å². The van der Waals surface area contributed by atoms with E-state index in [9.17, 15) is 18.0 Å². The maximum atomic E-state index is 13.0. The maximum Gasteiger partial charge on any atom is 0.411 e. The zero-order valence-electron chi connectivity index (χ0n) is 16.2. The van der Waals surface area contributed by atoms with Crippen LogP contribution in [0.3, 0.4) is 0 Å². The molecule has 2 aromatic carbocycles. The summed E-state index contributed by atoms with van der Waals surface area (Å²) in [6, 6.07) is 12.5. The highest BCUT2D eigenvalue weighted by Gasteiger charge is 2.28. The number of alkyl halides is 3. The monoisotopic (exact) mass is 432 g/mol. The number of halogens is 3. The van der Waals surface area contributed by atoms with E-state index in [1.54, 1.807) is 40.5 Å². The SMILES string of the molecule is Cc1nc(-c2ccc3c(c2)CCN3C(=O)c2ccc(COCC(F)(F)F)cc2)cs1. The Kier molecular flexibility index (Phi) is 5.62. The highest BCUT2D eigenvalue weighted by Crippen LogP contribution is 2.33. The van der Waals surface area contributed by atoms with E-state index < -0.39 is 12.8 Å². The summed E-state index contributed by atoms with van der Waals surface area (Å²) in [7, 11) is 0. The standard InChI is InChI=1S/C22H19F3N2O2S/c1-14-26-19(12-30-14)17-6-7-20-18(10-17)8-9-27(20)21(28)16-4-2-15(3-5-16)11-29-13-22(23,24)25/h2-7,10,12H,8-9,11,13H2,1H3. The number of ether oxygens (including phenoxy) is 1.